The number of aryl methyl sites for hydroxylation is 1. The van der Waals surface area contributed by atoms with Crippen LogP contribution in [0.5, 0.6) is 0 Å². The van der Waals surface area contributed by atoms with Gasteiger partial charge in [0.2, 0.25) is 0 Å². The molecule has 0 saturated heterocycles. The van der Waals surface area contributed by atoms with Gasteiger partial charge in [0.25, 0.3) is 0 Å². The number of nitriles is 1. The molecule has 2 heteroatoms. The van der Waals surface area contributed by atoms with Crippen molar-refractivity contribution in [2.24, 2.45) is 0 Å². The summed E-state index contributed by atoms with van der Waals surface area (Å²) in [6.45, 7) is 1.98. The molecule has 1 heterocycles. The molecule has 0 unspecified atom stereocenters. The van der Waals surface area contributed by atoms with Crippen LogP contribution < -0.4 is 0 Å². The van der Waals surface area contributed by atoms with Gasteiger partial charge in [0.1, 0.15) is 0 Å². The minimum absolute atomic E-state index is 0.424. The summed E-state index contributed by atoms with van der Waals surface area (Å²) in [5.41, 5.74) is 2.02. The van der Waals surface area contributed by atoms with Gasteiger partial charge in [-0.3, -0.25) is 4.98 Å². The van der Waals surface area contributed by atoms with Crippen LogP contribution in [0.25, 0.3) is 10.8 Å². The Morgan fingerprint density at radius 3 is 2.71 bits per heavy atom. The molecule has 0 saturated carbocycles. The maximum absolute atomic E-state index is 8.67. The second-order valence-electron chi connectivity index (χ2n) is 3.25. The summed E-state index contributed by atoms with van der Waals surface area (Å²) in [5, 5.41) is 11.0. The molecule has 68 valence electrons. The Labute approximate surface area is 82.8 Å². The van der Waals surface area contributed by atoms with E-state index < -0.39 is 0 Å². The molecule has 2 aromatic rings. The lowest BCUT2D eigenvalue weighted by Crippen LogP contribution is -1.90. The molecule has 0 aliphatic carbocycles. The molecule has 0 bridgehead atoms. The monoisotopic (exact) mass is 182 g/mol. The standard InChI is InChI=1S/C12H10N2/c1-9-11-4-2-3-5-12(11)10(6-7-13)8-14-9/h2-5,8H,6H2,1H3. The van der Waals surface area contributed by atoms with Gasteiger partial charge in [-0.2, -0.15) is 5.26 Å². The quantitative estimate of drug-likeness (QED) is 0.679. The predicted octanol–water partition coefficient (Wildman–Crippen LogP) is 2.61. The van der Waals surface area contributed by atoms with E-state index >= 15 is 0 Å². The van der Waals surface area contributed by atoms with Crippen molar-refractivity contribution in [1.82, 2.24) is 4.98 Å². The zero-order chi connectivity index (χ0) is 9.97. The average molecular weight is 182 g/mol. The van der Waals surface area contributed by atoms with Crippen molar-refractivity contribution >= 4 is 10.8 Å². The molecule has 0 spiro atoms. The fraction of sp³-hybridized carbons (Fsp3) is 0.167. The summed E-state index contributed by atoms with van der Waals surface area (Å²) < 4.78 is 0. The Kier molecular flexibility index (Phi) is 2.16. The first-order valence-electron chi connectivity index (χ1n) is 4.53. The van der Waals surface area contributed by atoms with Gasteiger partial charge in [-0.1, -0.05) is 24.3 Å². The fourth-order valence-corrected chi connectivity index (χ4v) is 1.62. The number of benzene rings is 1. The number of hydrogen-bond acceptors (Lipinski definition) is 2. The van der Waals surface area contributed by atoms with Gasteiger partial charge in [-0.15, -0.1) is 0 Å². The number of aromatic nitrogens is 1. The lowest BCUT2D eigenvalue weighted by atomic mass is 10.0. The van der Waals surface area contributed by atoms with Crippen LogP contribution in [0.15, 0.2) is 30.5 Å². The van der Waals surface area contributed by atoms with E-state index in [-0.39, 0.29) is 0 Å². The van der Waals surface area contributed by atoms with Crippen LogP contribution in [-0.4, -0.2) is 4.98 Å². The van der Waals surface area contributed by atoms with Crippen LogP contribution in [0.4, 0.5) is 0 Å². The van der Waals surface area contributed by atoms with E-state index in [0.717, 1.165) is 22.0 Å². The minimum atomic E-state index is 0.424. The highest BCUT2D eigenvalue weighted by atomic mass is 14.7. The van der Waals surface area contributed by atoms with Crippen molar-refractivity contribution in [1.29, 1.82) is 5.26 Å². The molecule has 14 heavy (non-hydrogen) atoms. The first kappa shape index (κ1) is 8.71. The molecule has 0 amide bonds. The number of fused-ring (bicyclic) bond motifs is 1. The number of hydrogen-bond donors (Lipinski definition) is 0. The summed E-state index contributed by atoms with van der Waals surface area (Å²) in [6, 6.07) is 10.2. The summed E-state index contributed by atoms with van der Waals surface area (Å²) >= 11 is 0. The van der Waals surface area contributed by atoms with E-state index in [1.54, 1.807) is 6.20 Å². The summed E-state index contributed by atoms with van der Waals surface area (Å²) in [7, 11) is 0. The maximum atomic E-state index is 8.67. The lowest BCUT2D eigenvalue weighted by Gasteiger charge is -2.04. The van der Waals surface area contributed by atoms with E-state index in [0.29, 0.717) is 6.42 Å². The first-order chi connectivity index (χ1) is 6.83. The molecule has 1 aromatic carbocycles. The van der Waals surface area contributed by atoms with Crippen molar-refractivity contribution in [2.45, 2.75) is 13.3 Å². The van der Waals surface area contributed by atoms with Gasteiger partial charge in [0.05, 0.1) is 12.5 Å². The zero-order valence-corrected chi connectivity index (χ0v) is 7.99. The van der Waals surface area contributed by atoms with Crippen molar-refractivity contribution in [3.05, 3.63) is 41.7 Å². The van der Waals surface area contributed by atoms with Crippen LogP contribution in [0.1, 0.15) is 11.3 Å². The Morgan fingerprint density at radius 2 is 2.00 bits per heavy atom. The Bertz CT molecular complexity index is 509. The highest BCUT2D eigenvalue weighted by molar-refractivity contribution is 5.87. The molecular formula is C12H10N2. The van der Waals surface area contributed by atoms with Crippen molar-refractivity contribution in [3.8, 4) is 6.07 Å². The maximum Gasteiger partial charge on any atom is 0.0670 e. The summed E-state index contributed by atoms with van der Waals surface area (Å²) in [4.78, 5) is 4.27. The predicted molar refractivity (Wildman–Crippen MR) is 55.8 cm³/mol. The topological polar surface area (TPSA) is 36.7 Å². The van der Waals surface area contributed by atoms with Crippen molar-refractivity contribution in [3.63, 3.8) is 0 Å². The first-order valence-corrected chi connectivity index (χ1v) is 4.53. The highest BCUT2D eigenvalue weighted by Gasteiger charge is 2.02. The third-order valence-corrected chi connectivity index (χ3v) is 2.35. The van der Waals surface area contributed by atoms with Crippen LogP contribution >= 0.6 is 0 Å². The highest BCUT2D eigenvalue weighted by Crippen LogP contribution is 2.20. The van der Waals surface area contributed by atoms with Gasteiger partial charge in [0, 0.05) is 17.3 Å². The molecule has 0 radical (unpaired) electrons. The number of nitrogens with zero attached hydrogens (tertiary/aromatic N) is 2. The van der Waals surface area contributed by atoms with Crippen molar-refractivity contribution < 1.29 is 0 Å². The Morgan fingerprint density at radius 1 is 1.29 bits per heavy atom. The fourth-order valence-electron chi connectivity index (χ4n) is 1.62. The van der Waals surface area contributed by atoms with Crippen molar-refractivity contribution in [2.75, 3.05) is 0 Å². The van der Waals surface area contributed by atoms with Crippen LogP contribution in [0, 0.1) is 18.3 Å². The largest absolute Gasteiger partial charge is 0.261 e. The summed E-state index contributed by atoms with van der Waals surface area (Å²) in [5.74, 6) is 0. The second-order valence-corrected chi connectivity index (χ2v) is 3.25. The van der Waals surface area contributed by atoms with E-state index in [9.17, 15) is 0 Å². The van der Waals surface area contributed by atoms with E-state index in [1.807, 2.05) is 31.2 Å². The lowest BCUT2D eigenvalue weighted by molar-refractivity contribution is 1.17. The van der Waals surface area contributed by atoms with E-state index in [1.165, 1.54) is 0 Å². The van der Waals surface area contributed by atoms with E-state index in [2.05, 4.69) is 11.1 Å². The van der Waals surface area contributed by atoms with Crippen LogP contribution in [-0.2, 0) is 6.42 Å². The molecule has 2 nitrogen and oxygen atoms in total. The second kappa shape index (κ2) is 3.47. The molecule has 0 aliphatic rings. The third-order valence-electron chi connectivity index (χ3n) is 2.35. The number of pyridine rings is 1. The smallest absolute Gasteiger partial charge is 0.0670 e. The minimum Gasteiger partial charge on any atom is -0.261 e. The Hall–Kier alpha value is -1.88. The van der Waals surface area contributed by atoms with Crippen LogP contribution in [0.3, 0.4) is 0 Å². The molecule has 0 atom stereocenters. The molecule has 1 aromatic heterocycles. The van der Waals surface area contributed by atoms with Crippen LogP contribution in [0.2, 0.25) is 0 Å². The zero-order valence-electron chi connectivity index (χ0n) is 7.99. The molecule has 0 fully saturated rings. The average Bonchev–Trinajstić information content (AvgIpc) is 2.23. The van der Waals surface area contributed by atoms with Gasteiger partial charge < -0.3 is 0 Å². The Balaban J connectivity index is 2.76. The van der Waals surface area contributed by atoms with Gasteiger partial charge in [0.15, 0.2) is 0 Å². The SMILES string of the molecule is Cc1ncc(CC#N)c2ccccc12. The molecule has 0 aliphatic heterocycles. The van der Waals surface area contributed by atoms with Gasteiger partial charge in [-0.05, 0) is 17.9 Å². The molecule has 0 N–H and O–H groups in total. The molecule has 2 rings (SSSR count). The van der Waals surface area contributed by atoms with Gasteiger partial charge >= 0.3 is 0 Å². The van der Waals surface area contributed by atoms with E-state index in [4.69, 9.17) is 5.26 Å². The normalized spacial score (nSPS) is 10.0. The van der Waals surface area contributed by atoms with Gasteiger partial charge in [-0.25, -0.2) is 0 Å². The summed E-state index contributed by atoms with van der Waals surface area (Å²) in [6.07, 6.45) is 2.22. The number of rotatable bonds is 1. The molecular weight excluding hydrogens is 172 g/mol. The third kappa shape index (κ3) is 1.33.